The lowest BCUT2D eigenvalue weighted by molar-refractivity contribution is 0.122. The highest BCUT2D eigenvalue weighted by Crippen LogP contribution is 2.34. The quantitative estimate of drug-likeness (QED) is 0.910. The maximum absolute atomic E-state index is 5.40. The van der Waals surface area contributed by atoms with Gasteiger partial charge in [-0.05, 0) is 7.05 Å². The maximum Gasteiger partial charge on any atom is 0.186 e. The van der Waals surface area contributed by atoms with Crippen LogP contribution in [-0.4, -0.2) is 38.3 Å². The molecule has 5 heteroatoms. The van der Waals surface area contributed by atoms with Gasteiger partial charge in [0.15, 0.2) is 5.13 Å². The van der Waals surface area contributed by atoms with Gasteiger partial charge in [-0.1, -0.05) is 20.8 Å². The molecule has 1 saturated heterocycles. The predicted octanol–water partition coefficient (Wildman–Crippen LogP) is 2.00. The first-order valence-corrected chi connectivity index (χ1v) is 7.31. The first kappa shape index (κ1) is 13.8. The zero-order valence-electron chi connectivity index (χ0n) is 11.7. The minimum Gasteiger partial charge on any atom is -0.378 e. The van der Waals surface area contributed by atoms with Crippen molar-refractivity contribution in [2.75, 3.05) is 38.3 Å². The first-order valence-electron chi connectivity index (χ1n) is 6.50. The fourth-order valence-corrected chi connectivity index (χ4v) is 3.43. The average molecular weight is 269 g/mol. The standard InChI is InChI=1S/C13H23N3OS/c1-13(2,3)11-10(9-14-4)18-12(15-11)16-5-7-17-8-6-16/h14H,5-9H2,1-4H3. The number of anilines is 1. The second-order valence-corrected chi connectivity index (χ2v) is 6.71. The summed E-state index contributed by atoms with van der Waals surface area (Å²) in [6, 6.07) is 0. The van der Waals surface area contributed by atoms with Crippen LogP contribution < -0.4 is 10.2 Å². The third kappa shape index (κ3) is 3.02. The van der Waals surface area contributed by atoms with Crippen molar-refractivity contribution >= 4 is 16.5 Å². The molecule has 1 aliphatic rings. The van der Waals surface area contributed by atoms with E-state index in [1.165, 1.54) is 10.6 Å². The van der Waals surface area contributed by atoms with Crippen LogP contribution in [0.4, 0.5) is 5.13 Å². The highest BCUT2D eigenvalue weighted by Gasteiger charge is 2.25. The second-order valence-electron chi connectivity index (χ2n) is 5.65. The van der Waals surface area contributed by atoms with Gasteiger partial charge in [-0.2, -0.15) is 0 Å². The number of nitrogens with one attached hydrogen (secondary N) is 1. The molecule has 1 N–H and O–H groups in total. The van der Waals surface area contributed by atoms with Crippen molar-refractivity contribution in [2.24, 2.45) is 0 Å². The van der Waals surface area contributed by atoms with Crippen LogP contribution in [0.15, 0.2) is 0 Å². The molecule has 2 rings (SSSR count). The number of nitrogens with zero attached hydrogens (tertiary/aromatic N) is 2. The largest absolute Gasteiger partial charge is 0.378 e. The van der Waals surface area contributed by atoms with E-state index in [2.05, 4.69) is 31.0 Å². The summed E-state index contributed by atoms with van der Waals surface area (Å²) in [5.74, 6) is 0. The van der Waals surface area contributed by atoms with Gasteiger partial charge in [0.2, 0.25) is 0 Å². The lowest BCUT2D eigenvalue weighted by Crippen LogP contribution is -2.36. The van der Waals surface area contributed by atoms with E-state index in [1.807, 2.05) is 18.4 Å². The average Bonchev–Trinajstić information content (AvgIpc) is 2.75. The molecule has 0 atom stereocenters. The van der Waals surface area contributed by atoms with Gasteiger partial charge in [-0.15, -0.1) is 11.3 Å². The van der Waals surface area contributed by atoms with E-state index in [9.17, 15) is 0 Å². The van der Waals surface area contributed by atoms with E-state index < -0.39 is 0 Å². The van der Waals surface area contributed by atoms with E-state index in [-0.39, 0.29) is 5.41 Å². The topological polar surface area (TPSA) is 37.4 Å². The minimum atomic E-state index is 0.104. The van der Waals surface area contributed by atoms with Gasteiger partial charge in [-0.25, -0.2) is 4.98 Å². The summed E-state index contributed by atoms with van der Waals surface area (Å²) in [5, 5.41) is 4.39. The number of hydrogen-bond donors (Lipinski definition) is 1. The Morgan fingerprint density at radius 1 is 1.33 bits per heavy atom. The Labute approximate surface area is 113 Å². The zero-order chi connectivity index (χ0) is 13.2. The van der Waals surface area contributed by atoms with Crippen LogP contribution in [0.25, 0.3) is 0 Å². The third-order valence-electron chi connectivity index (χ3n) is 3.02. The van der Waals surface area contributed by atoms with Crippen LogP contribution in [0.5, 0.6) is 0 Å². The van der Waals surface area contributed by atoms with E-state index >= 15 is 0 Å². The first-order chi connectivity index (χ1) is 8.52. The predicted molar refractivity (Wildman–Crippen MR) is 76.6 cm³/mol. The summed E-state index contributed by atoms with van der Waals surface area (Å²) in [5.41, 5.74) is 1.33. The van der Waals surface area contributed by atoms with Crippen molar-refractivity contribution in [3.8, 4) is 0 Å². The molecule has 0 amide bonds. The molecule has 18 heavy (non-hydrogen) atoms. The number of thiazole rings is 1. The van der Waals surface area contributed by atoms with Crippen molar-refractivity contribution in [3.63, 3.8) is 0 Å². The van der Waals surface area contributed by atoms with Crippen LogP contribution in [-0.2, 0) is 16.7 Å². The van der Waals surface area contributed by atoms with Gasteiger partial charge in [0.1, 0.15) is 0 Å². The van der Waals surface area contributed by atoms with Crippen molar-refractivity contribution in [1.82, 2.24) is 10.3 Å². The highest BCUT2D eigenvalue weighted by atomic mass is 32.1. The molecule has 4 nitrogen and oxygen atoms in total. The Kier molecular flexibility index (Phi) is 4.25. The number of hydrogen-bond acceptors (Lipinski definition) is 5. The van der Waals surface area contributed by atoms with Crippen molar-refractivity contribution in [3.05, 3.63) is 10.6 Å². The number of rotatable bonds is 3. The van der Waals surface area contributed by atoms with Crippen molar-refractivity contribution < 1.29 is 4.74 Å². The Morgan fingerprint density at radius 2 is 2.00 bits per heavy atom. The molecule has 2 heterocycles. The Bertz CT molecular complexity index is 391. The van der Waals surface area contributed by atoms with Crippen LogP contribution >= 0.6 is 11.3 Å². The molecule has 102 valence electrons. The van der Waals surface area contributed by atoms with E-state index in [0.29, 0.717) is 0 Å². The molecule has 1 aromatic heterocycles. The lowest BCUT2D eigenvalue weighted by Gasteiger charge is -2.26. The fourth-order valence-electron chi connectivity index (χ4n) is 2.10. The second kappa shape index (κ2) is 5.55. The smallest absolute Gasteiger partial charge is 0.186 e. The van der Waals surface area contributed by atoms with Gasteiger partial charge in [0, 0.05) is 29.9 Å². The van der Waals surface area contributed by atoms with Crippen LogP contribution in [0, 0.1) is 0 Å². The van der Waals surface area contributed by atoms with Gasteiger partial charge >= 0.3 is 0 Å². The molecule has 0 radical (unpaired) electrons. The summed E-state index contributed by atoms with van der Waals surface area (Å²) in [6.07, 6.45) is 0. The summed E-state index contributed by atoms with van der Waals surface area (Å²) >= 11 is 1.81. The minimum absolute atomic E-state index is 0.104. The van der Waals surface area contributed by atoms with Crippen LogP contribution in [0.3, 0.4) is 0 Å². The molecule has 0 aliphatic carbocycles. The van der Waals surface area contributed by atoms with E-state index in [0.717, 1.165) is 38.0 Å². The molecule has 1 fully saturated rings. The van der Waals surface area contributed by atoms with Gasteiger partial charge in [0.05, 0.1) is 18.9 Å². The highest BCUT2D eigenvalue weighted by molar-refractivity contribution is 7.15. The fraction of sp³-hybridized carbons (Fsp3) is 0.769. The van der Waals surface area contributed by atoms with Gasteiger partial charge in [-0.3, -0.25) is 0 Å². The van der Waals surface area contributed by atoms with Gasteiger partial charge < -0.3 is 15.0 Å². The Balaban J connectivity index is 2.26. The molecule has 0 unspecified atom stereocenters. The molecule has 0 saturated carbocycles. The number of ether oxygens (including phenoxy) is 1. The van der Waals surface area contributed by atoms with Crippen molar-refractivity contribution in [1.29, 1.82) is 0 Å². The summed E-state index contributed by atoms with van der Waals surface area (Å²) < 4.78 is 5.40. The Morgan fingerprint density at radius 3 is 2.56 bits per heavy atom. The van der Waals surface area contributed by atoms with E-state index in [1.54, 1.807) is 0 Å². The third-order valence-corrected chi connectivity index (χ3v) is 4.13. The molecule has 1 aromatic rings. The summed E-state index contributed by atoms with van der Waals surface area (Å²) in [6.45, 7) is 11.1. The molecule has 0 aromatic carbocycles. The molecular weight excluding hydrogens is 246 g/mol. The van der Waals surface area contributed by atoms with Gasteiger partial charge in [0.25, 0.3) is 0 Å². The monoisotopic (exact) mass is 269 g/mol. The normalized spacial score (nSPS) is 17.2. The lowest BCUT2D eigenvalue weighted by atomic mass is 9.91. The maximum atomic E-state index is 5.40. The Hall–Kier alpha value is -0.650. The zero-order valence-corrected chi connectivity index (χ0v) is 12.6. The number of morpholine rings is 1. The van der Waals surface area contributed by atoms with Crippen LogP contribution in [0.2, 0.25) is 0 Å². The summed E-state index contributed by atoms with van der Waals surface area (Å²) in [7, 11) is 1.99. The molecule has 0 spiro atoms. The van der Waals surface area contributed by atoms with Crippen LogP contribution in [0.1, 0.15) is 31.3 Å². The van der Waals surface area contributed by atoms with E-state index in [4.69, 9.17) is 9.72 Å². The van der Waals surface area contributed by atoms with Crippen molar-refractivity contribution in [2.45, 2.75) is 32.7 Å². The molecule has 1 aliphatic heterocycles. The SMILES string of the molecule is CNCc1sc(N2CCOCC2)nc1C(C)(C)C. The number of aromatic nitrogens is 1. The molecular formula is C13H23N3OS. The molecule has 0 bridgehead atoms. The summed E-state index contributed by atoms with van der Waals surface area (Å²) in [4.78, 5) is 8.56.